The number of ether oxygens (including phenoxy) is 1. The van der Waals surface area contributed by atoms with E-state index in [4.69, 9.17) is 4.74 Å². The fraction of sp³-hybridized carbons (Fsp3) is 0.714. The molecule has 1 unspecified atom stereocenters. The van der Waals surface area contributed by atoms with Crippen LogP contribution in [-0.2, 0) is 9.53 Å². The fourth-order valence-corrected chi connectivity index (χ4v) is 2.62. The van der Waals surface area contributed by atoms with Crippen molar-refractivity contribution >= 4 is 12.0 Å². The van der Waals surface area contributed by atoms with Gasteiger partial charge in [0.25, 0.3) is 0 Å². The van der Waals surface area contributed by atoms with Crippen LogP contribution < -0.4 is 10.6 Å². The van der Waals surface area contributed by atoms with Gasteiger partial charge in [-0.25, -0.2) is 9.59 Å². The second-order valence-corrected chi connectivity index (χ2v) is 5.43. The van der Waals surface area contributed by atoms with Crippen LogP contribution in [0.4, 0.5) is 4.79 Å². The predicted octanol–water partition coefficient (Wildman–Crippen LogP) is 1.42. The molecule has 20 heavy (non-hydrogen) atoms. The number of carbonyl (C=O) groups excluding carboxylic acids is 1. The molecule has 6 heteroatoms. The number of carboxylic acid groups (broad SMARTS) is 1. The van der Waals surface area contributed by atoms with Crippen molar-refractivity contribution in [2.24, 2.45) is 0 Å². The molecule has 1 heterocycles. The van der Waals surface area contributed by atoms with Crippen LogP contribution in [0.3, 0.4) is 0 Å². The van der Waals surface area contributed by atoms with Crippen molar-refractivity contribution < 1.29 is 19.4 Å². The molecule has 0 aromatic rings. The number of aliphatic carboxylic acids is 1. The molecule has 2 aliphatic rings. The number of allylic oxidation sites excluding steroid dienone is 1. The van der Waals surface area contributed by atoms with Crippen LogP contribution in [0, 0.1) is 0 Å². The second kappa shape index (κ2) is 6.74. The fourth-order valence-electron chi connectivity index (χ4n) is 2.62. The Morgan fingerprint density at radius 1 is 1.40 bits per heavy atom. The van der Waals surface area contributed by atoms with Gasteiger partial charge in [-0.2, -0.15) is 0 Å². The van der Waals surface area contributed by atoms with Gasteiger partial charge in [-0.1, -0.05) is 11.6 Å². The Balaban J connectivity index is 1.74. The van der Waals surface area contributed by atoms with E-state index in [2.05, 4.69) is 16.7 Å². The molecule has 2 rings (SSSR count). The smallest absolute Gasteiger partial charge is 0.332 e. The van der Waals surface area contributed by atoms with Crippen LogP contribution in [0.1, 0.15) is 38.5 Å². The third kappa shape index (κ3) is 3.72. The molecule has 3 N–H and O–H groups in total. The highest BCUT2D eigenvalue weighted by atomic mass is 16.5. The maximum atomic E-state index is 11.8. The molecule has 1 aliphatic heterocycles. The van der Waals surface area contributed by atoms with E-state index in [1.165, 1.54) is 18.4 Å². The molecule has 1 aliphatic carbocycles. The summed E-state index contributed by atoms with van der Waals surface area (Å²) in [6.07, 6.45) is 8.09. The zero-order chi connectivity index (χ0) is 14.4. The highest BCUT2D eigenvalue weighted by Crippen LogP contribution is 2.20. The van der Waals surface area contributed by atoms with Crippen molar-refractivity contribution in [2.45, 2.75) is 44.1 Å². The molecular formula is C14H22N2O4. The summed E-state index contributed by atoms with van der Waals surface area (Å²) in [5.41, 5.74) is 0.113. The number of carbonyl (C=O) groups is 2. The summed E-state index contributed by atoms with van der Waals surface area (Å²) in [4.78, 5) is 23.0. The summed E-state index contributed by atoms with van der Waals surface area (Å²) >= 11 is 0. The third-order valence-corrected chi connectivity index (χ3v) is 3.90. The van der Waals surface area contributed by atoms with E-state index in [1.54, 1.807) is 0 Å². The van der Waals surface area contributed by atoms with Gasteiger partial charge < -0.3 is 20.5 Å². The van der Waals surface area contributed by atoms with Crippen molar-refractivity contribution in [1.82, 2.24) is 10.6 Å². The molecule has 112 valence electrons. The van der Waals surface area contributed by atoms with Crippen LogP contribution in [0.15, 0.2) is 11.6 Å². The number of urea groups is 1. The first-order valence-electron chi connectivity index (χ1n) is 7.17. The number of amides is 2. The molecule has 1 saturated heterocycles. The Bertz CT molecular complexity index is 400. The largest absolute Gasteiger partial charge is 0.479 e. The van der Waals surface area contributed by atoms with Gasteiger partial charge in [0.2, 0.25) is 0 Å². The number of hydrogen-bond acceptors (Lipinski definition) is 3. The Morgan fingerprint density at radius 3 is 2.85 bits per heavy atom. The normalized spacial score (nSPS) is 25.9. The lowest BCUT2D eigenvalue weighted by molar-refractivity contribution is -0.144. The predicted molar refractivity (Wildman–Crippen MR) is 73.5 cm³/mol. The van der Waals surface area contributed by atoms with Crippen molar-refractivity contribution in [3.8, 4) is 0 Å². The second-order valence-electron chi connectivity index (χ2n) is 5.43. The highest BCUT2D eigenvalue weighted by molar-refractivity contribution is 5.86. The average Bonchev–Trinajstić information content (AvgIpc) is 2.90. The molecule has 0 bridgehead atoms. The molecule has 0 aromatic heterocycles. The molecule has 0 saturated carbocycles. The quantitative estimate of drug-likeness (QED) is 0.665. The molecule has 1 atom stereocenters. The van der Waals surface area contributed by atoms with Gasteiger partial charge in [-0.3, -0.25) is 0 Å². The summed E-state index contributed by atoms with van der Waals surface area (Å²) in [6, 6.07) is -0.436. The minimum Gasteiger partial charge on any atom is -0.479 e. The molecule has 6 nitrogen and oxygen atoms in total. The Labute approximate surface area is 118 Å². The topological polar surface area (TPSA) is 87.7 Å². The van der Waals surface area contributed by atoms with E-state index in [9.17, 15) is 14.7 Å². The van der Waals surface area contributed by atoms with Gasteiger partial charge in [-0.15, -0.1) is 0 Å². The first-order valence-corrected chi connectivity index (χ1v) is 7.17. The van der Waals surface area contributed by atoms with Gasteiger partial charge in [-0.05, 0) is 32.1 Å². The Morgan fingerprint density at radius 2 is 2.25 bits per heavy atom. The van der Waals surface area contributed by atoms with Gasteiger partial charge in [0.05, 0.1) is 6.61 Å². The zero-order valence-corrected chi connectivity index (χ0v) is 11.6. The van der Waals surface area contributed by atoms with Gasteiger partial charge >= 0.3 is 12.0 Å². The maximum Gasteiger partial charge on any atom is 0.332 e. The minimum absolute atomic E-state index is 0.0287. The summed E-state index contributed by atoms with van der Waals surface area (Å²) in [7, 11) is 0. The minimum atomic E-state index is -1.27. The standard InChI is InChI=1S/C14H22N2O4/c17-12(18)14(7-9-20-10-14)16-13(19)15-8-6-11-4-2-1-3-5-11/h4H,1-3,5-10H2,(H,17,18)(H2,15,16,19). The number of carboxylic acids is 1. The summed E-state index contributed by atoms with van der Waals surface area (Å²) in [5, 5.41) is 14.5. The van der Waals surface area contributed by atoms with Crippen molar-refractivity contribution in [1.29, 1.82) is 0 Å². The van der Waals surface area contributed by atoms with Crippen LogP contribution in [0.25, 0.3) is 0 Å². The SMILES string of the molecule is O=C(NCCC1=CCCCC1)NC1(C(=O)O)CCOC1. The van der Waals surface area contributed by atoms with Crippen LogP contribution in [-0.4, -0.2) is 42.4 Å². The molecule has 1 fully saturated rings. The summed E-state index contributed by atoms with van der Waals surface area (Å²) in [5.74, 6) is -1.04. The highest BCUT2D eigenvalue weighted by Gasteiger charge is 2.43. The van der Waals surface area contributed by atoms with E-state index < -0.39 is 17.5 Å². The van der Waals surface area contributed by atoms with Crippen molar-refractivity contribution in [2.75, 3.05) is 19.8 Å². The Hall–Kier alpha value is -1.56. The van der Waals surface area contributed by atoms with Crippen molar-refractivity contribution in [3.63, 3.8) is 0 Å². The maximum absolute atomic E-state index is 11.8. The molecule has 0 radical (unpaired) electrons. The van der Waals surface area contributed by atoms with Crippen LogP contribution >= 0.6 is 0 Å². The lowest BCUT2D eigenvalue weighted by Crippen LogP contribution is -2.57. The number of rotatable bonds is 5. The van der Waals surface area contributed by atoms with E-state index >= 15 is 0 Å². The van der Waals surface area contributed by atoms with E-state index in [-0.39, 0.29) is 6.61 Å². The zero-order valence-electron chi connectivity index (χ0n) is 11.6. The molecule has 0 aromatic carbocycles. The molecule has 2 amide bonds. The lowest BCUT2D eigenvalue weighted by Gasteiger charge is -2.24. The van der Waals surface area contributed by atoms with Gasteiger partial charge in [0, 0.05) is 19.6 Å². The average molecular weight is 282 g/mol. The first kappa shape index (κ1) is 14.8. The van der Waals surface area contributed by atoms with Gasteiger partial charge in [0.15, 0.2) is 5.54 Å². The Kier molecular flexibility index (Phi) is 5.00. The third-order valence-electron chi connectivity index (χ3n) is 3.90. The first-order chi connectivity index (χ1) is 9.62. The number of hydrogen-bond donors (Lipinski definition) is 3. The van der Waals surface area contributed by atoms with E-state index in [1.807, 2.05) is 0 Å². The number of nitrogens with one attached hydrogen (secondary N) is 2. The summed E-state index contributed by atoms with van der Waals surface area (Å²) in [6.45, 7) is 0.925. The van der Waals surface area contributed by atoms with Crippen molar-refractivity contribution in [3.05, 3.63) is 11.6 Å². The summed E-state index contributed by atoms with van der Waals surface area (Å²) < 4.78 is 5.09. The molecule has 0 spiro atoms. The monoisotopic (exact) mass is 282 g/mol. The van der Waals surface area contributed by atoms with Gasteiger partial charge in [0.1, 0.15) is 0 Å². The van der Waals surface area contributed by atoms with E-state index in [0.717, 1.165) is 19.3 Å². The van der Waals surface area contributed by atoms with Crippen LogP contribution in [0.5, 0.6) is 0 Å². The lowest BCUT2D eigenvalue weighted by atomic mass is 9.97. The van der Waals surface area contributed by atoms with E-state index in [0.29, 0.717) is 19.6 Å². The molecular weight excluding hydrogens is 260 g/mol. The van der Waals surface area contributed by atoms with Crippen LogP contribution in [0.2, 0.25) is 0 Å².